The molecule has 0 aliphatic rings. The molecule has 0 spiro atoms. The predicted octanol–water partition coefficient (Wildman–Crippen LogP) is 13.7. The van der Waals surface area contributed by atoms with Gasteiger partial charge in [0.05, 0.1) is 38.8 Å². The minimum Gasteiger partial charge on any atom is -0.456 e. The Morgan fingerprint density at radius 3 is 1.74 bits per heavy atom. The van der Waals surface area contributed by atoms with Gasteiger partial charge in [-0.15, -0.1) is 0 Å². The van der Waals surface area contributed by atoms with Gasteiger partial charge in [0, 0.05) is 54.9 Å². The number of hydrogen-bond donors (Lipinski definition) is 0. The number of rotatable bonds is 3. The minimum atomic E-state index is 0.894. The van der Waals surface area contributed by atoms with E-state index in [0.29, 0.717) is 0 Å². The van der Waals surface area contributed by atoms with Crippen molar-refractivity contribution in [3.8, 4) is 22.5 Å². The third-order valence-corrected chi connectivity index (χ3v) is 11.2. The monoisotopic (exact) mass is 678 g/mol. The minimum absolute atomic E-state index is 0.894. The van der Waals surface area contributed by atoms with Crippen LogP contribution in [0.25, 0.3) is 110 Å². The van der Waals surface area contributed by atoms with E-state index in [9.17, 15) is 0 Å². The second kappa shape index (κ2) is 10.5. The first-order valence-corrected chi connectivity index (χ1v) is 18.1. The van der Waals surface area contributed by atoms with Gasteiger partial charge in [-0.25, -0.2) is 0 Å². The summed E-state index contributed by atoms with van der Waals surface area (Å²) in [5.74, 6) is 0. The summed E-state index contributed by atoms with van der Waals surface area (Å²) in [5, 5.41) is 9.28. The van der Waals surface area contributed by atoms with Gasteiger partial charge < -0.3 is 18.0 Å². The number of aryl methyl sites for hydroxylation is 1. The molecule has 0 aliphatic heterocycles. The van der Waals surface area contributed by atoms with Crippen LogP contribution in [-0.4, -0.2) is 9.13 Å². The van der Waals surface area contributed by atoms with Crippen molar-refractivity contribution in [2.24, 2.45) is 0 Å². The molecule has 0 atom stereocenters. The van der Waals surface area contributed by atoms with Crippen LogP contribution in [0.3, 0.4) is 0 Å². The fourth-order valence-corrected chi connectivity index (χ4v) is 8.95. The van der Waals surface area contributed by atoms with E-state index in [1.54, 1.807) is 0 Å². The van der Waals surface area contributed by atoms with E-state index in [1.165, 1.54) is 16.2 Å². The molecule has 0 saturated heterocycles. The van der Waals surface area contributed by atoms with Crippen LogP contribution in [0.5, 0.6) is 0 Å². The average molecular weight is 679 g/mol. The normalized spacial score (nSPS) is 12.2. The van der Waals surface area contributed by atoms with E-state index in [1.807, 2.05) is 6.07 Å². The summed E-state index contributed by atoms with van der Waals surface area (Å²) < 4.78 is 18.0. The largest absolute Gasteiger partial charge is 0.456 e. The summed E-state index contributed by atoms with van der Waals surface area (Å²) in [4.78, 5) is 0. The van der Waals surface area contributed by atoms with Crippen LogP contribution in [0.1, 0.15) is 5.56 Å². The zero-order chi connectivity index (χ0) is 34.8. The number of furan rings is 2. The Morgan fingerprint density at radius 2 is 0.943 bits per heavy atom. The fourth-order valence-electron chi connectivity index (χ4n) is 8.95. The summed E-state index contributed by atoms with van der Waals surface area (Å²) >= 11 is 0. The van der Waals surface area contributed by atoms with Crippen LogP contribution in [-0.2, 0) is 0 Å². The molecule has 0 radical (unpaired) electrons. The third kappa shape index (κ3) is 3.84. The van der Waals surface area contributed by atoms with Crippen molar-refractivity contribution in [3.05, 3.63) is 169 Å². The van der Waals surface area contributed by atoms with Crippen molar-refractivity contribution >= 4 is 87.5 Å². The highest BCUT2D eigenvalue weighted by atomic mass is 16.3. The van der Waals surface area contributed by atoms with Crippen molar-refractivity contribution in [2.75, 3.05) is 0 Å². The average Bonchev–Trinajstić information content (AvgIpc) is 3.95. The Labute approximate surface area is 303 Å². The predicted molar refractivity (Wildman–Crippen MR) is 220 cm³/mol. The molecular formula is C49H30N2O2. The molecule has 248 valence electrons. The molecule has 4 heterocycles. The van der Waals surface area contributed by atoms with Crippen LogP contribution < -0.4 is 0 Å². The Bertz CT molecular complexity index is 3480. The second-order valence-electron chi connectivity index (χ2n) is 14.1. The van der Waals surface area contributed by atoms with Crippen LogP contribution >= 0.6 is 0 Å². The van der Waals surface area contributed by atoms with E-state index < -0.39 is 0 Å². The standard InChI is InChI=1S/C49H30N2O2/c1-29-13-12-19-34-38-27-37-32-16-4-9-22-41(32)51(44(37)28-46(38)53-48(29)34)40-21-8-3-15-31(40)30-14-2-7-20-39(30)50-42-23-10-5-18-36(42)47-43(50)26-25-35-33-17-6-11-24-45(33)52-49(35)47/h2-28H,1H3. The molecule has 0 N–H and O–H groups in total. The summed E-state index contributed by atoms with van der Waals surface area (Å²) in [6.07, 6.45) is 0. The number of nitrogens with zero attached hydrogens (tertiary/aromatic N) is 2. The van der Waals surface area contributed by atoms with Gasteiger partial charge in [-0.1, -0.05) is 109 Å². The summed E-state index contributed by atoms with van der Waals surface area (Å²) in [5.41, 5.74) is 13.8. The van der Waals surface area contributed by atoms with E-state index >= 15 is 0 Å². The highest BCUT2D eigenvalue weighted by Crippen LogP contribution is 2.44. The van der Waals surface area contributed by atoms with Gasteiger partial charge in [0.1, 0.15) is 22.3 Å². The van der Waals surface area contributed by atoms with Crippen molar-refractivity contribution in [1.29, 1.82) is 0 Å². The molecule has 0 unspecified atom stereocenters. The maximum absolute atomic E-state index is 6.62. The van der Waals surface area contributed by atoms with Crippen molar-refractivity contribution < 1.29 is 8.83 Å². The number of aromatic nitrogens is 2. The SMILES string of the molecule is Cc1cccc2c1oc1cc3c(cc12)c1ccccc1n3-c1ccccc1-c1ccccc1-n1c2ccccc2c2c3oc4ccccc4c3ccc21. The number of para-hydroxylation sites is 6. The molecule has 0 fully saturated rings. The first-order valence-electron chi connectivity index (χ1n) is 18.1. The van der Waals surface area contributed by atoms with Crippen molar-refractivity contribution in [3.63, 3.8) is 0 Å². The topological polar surface area (TPSA) is 36.1 Å². The molecule has 12 aromatic rings. The molecule has 4 nitrogen and oxygen atoms in total. The Balaban J connectivity index is 1.15. The van der Waals surface area contributed by atoms with Crippen LogP contribution in [0, 0.1) is 6.92 Å². The maximum Gasteiger partial charge on any atom is 0.145 e. The molecule has 8 aromatic carbocycles. The fraction of sp³-hybridized carbons (Fsp3) is 0.0204. The highest BCUT2D eigenvalue weighted by molar-refractivity contribution is 6.24. The molecule has 0 amide bonds. The van der Waals surface area contributed by atoms with Gasteiger partial charge in [-0.2, -0.15) is 0 Å². The van der Waals surface area contributed by atoms with Crippen LogP contribution in [0.15, 0.2) is 173 Å². The smallest absolute Gasteiger partial charge is 0.145 e. The van der Waals surface area contributed by atoms with Gasteiger partial charge >= 0.3 is 0 Å². The summed E-state index contributed by atoms with van der Waals surface area (Å²) in [7, 11) is 0. The highest BCUT2D eigenvalue weighted by Gasteiger charge is 2.23. The molecule has 0 saturated carbocycles. The van der Waals surface area contributed by atoms with Gasteiger partial charge in [0.15, 0.2) is 0 Å². The van der Waals surface area contributed by atoms with Crippen molar-refractivity contribution in [2.45, 2.75) is 6.92 Å². The summed E-state index contributed by atoms with van der Waals surface area (Å²) in [6, 6.07) is 58.7. The van der Waals surface area contributed by atoms with Gasteiger partial charge in [0.2, 0.25) is 0 Å². The van der Waals surface area contributed by atoms with E-state index in [-0.39, 0.29) is 0 Å². The van der Waals surface area contributed by atoms with Gasteiger partial charge in [0.25, 0.3) is 0 Å². The zero-order valence-electron chi connectivity index (χ0n) is 28.8. The van der Waals surface area contributed by atoms with E-state index in [4.69, 9.17) is 8.83 Å². The Morgan fingerprint density at radius 1 is 0.358 bits per heavy atom. The third-order valence-electron chi connectivity index (χ3n) is 11.2. The van der Waals surface area contributed by atoms with Crippen LogP contribution in [0.2, 0.25) is 0 Å². The first kappa shape index (κ1) is 28.6. The Hall–Kier alpha value is -7.04. The molecule has 53 heavy (non-hydrogen) atoms. The number of fused-ring (bicyclic) bond motifs is 13. The van der Waals surface area contributed by atoms with E-state index in [0.717, 1.165) is 99.4 Å². The molecule has 4 aromatic heterocycles. The summed E-state index contributed by atoms with van der Waals surface area (Å²) in [6.45, 7) is 2.12. The lowest BCUT2D eigenvalue weighted by Gasteiger charge is -2.18. The quantitative estimate of drug-likeness (QED) is 0.186. The van der Waals surface area contributed by atoms with Gasteiger partial charge in [-0.05, 0) is 61.0 Å². The lowest BCUT2D eigenvalue weighted by molar-refractivity contribution is 0.666. The molecule has 4 heteroatoms. The lowest BCUT2D eigenvalue weighted by atomic mass is 10.0. The van der Waals surface area contributed by atoms with E-state index in [2.05, 4.69) is 174 Å². The molecule has 0 bridgehead atoms. The first-order chi connectivity index (χ1) is 26.2. The number of hydrogen-bond acceptors (Lipinski definition) is 2. The van der Waals surface area contributed by atoms with Gasteiger partial charge in [-0.3, -0.25) is 0 Å². The Kier molecular flexibility index (Phi) is 5.67. The van der Waals surface area contributed by atoms with Crippen LogP contribution in [0.4, 0.5) is 0 Å². The maximum atomic E-state index is 6.62. The second-order valence-corrected chi connectivity index (χ2v) is 14.1. The van der Waals surface area contributed by atoms with Crippen molar-refractivity contribution in [1.82, 2.24) is 9.13 Å². The molecule has 0 aliphatic carbocycles. The zero-order valence-corrected chi connectivity index (χ0v) is 28.8. The number of benzene rings is 8. The molecule has 12 rings (SSSR count). The lowest BCUT2D eigenvalue weighted by Crippen LogP contribution is -2.01. The molecular weight excluding hydrogens is 649 g/mol.